The molecule has 1 aromatic carbocycles. The minimum Gasteiger partial charge on any atom is -0.508 e. The highest BCUT2D eigenvalue weighted by Gasteiger charge is 2.40. The highest BCUT2D eigenvalue weighted by atomic mass is 16.3. The first-order valence-electron chi connectivity index (χ1n) is 23.4. The van der Waals surface area contributed by atoms with Crippen LogP contribution in [0.2, 0.25) is 0 Å². The number of phenols is 1. The van der Waals surface area contributed by atoms with E-state index in [0.29, 0.717) is 18.4 Å². The number of likely N-dealkylation sites (tertiary alicyclic amines) is 1. The van der Waals surface area contributed by atoms with Crippen molar-refractivity contribution < 1.29 is 57.8 Å². The Morgan fingerprint density at radius 2 is 1.40 bits per heavy atom. The van der Waals surface area contributed by atoms with E-state index in [4.69, 9.17) is 22.9 Å². The third-order valence-corrected chi connectivity index (χ3v) is 11.9. The molecule has 2 heterocycles. The molecule has 9 atom stereocenters. The van der Waals surface area contributed by atoms with Gasteiger partial charge < -0.3 is 70.2 Å². The van der Waals surface area contributed by atoms with Crippen LogP contribution in [0.4, 0.5) is 0 Å². The van der Waals surface area contributed by atoms with Crippen molar-refractivity contribution in [1.82, 2.24) is 42.1 Å². The molecule has 0 bridgehead atoms. The Balaban J connectivity index is 2.06. The molecule has 70 heavy (non-hydrogen) atoms. The third-order valence-electron chi connectivity index (χ3n) is 11.9. The van der Waals surface area contributed by atoms with Crippen molar-refractivity contribution in [1.29, 1.82) is 0 Å². The molecular weight excluding hydrogens is 913 g/mol. The van der Waals surface area contributed by atoms with Gasteiger partial charge in [0.25, 0.3) is 0 Å². The maximum absolute atomic E-state index is 14.5. The van der Waals surface area contributed by atoms with Crippen LogP contribution in [-0.2, 0) is 59.2 Å². The first-order valence-corrected chi connectivity index (χ1v) is 23.4. The van der Waals surface area contributed by atoms with E-state index in [9.17, 15) is 57.8 Å². The van der Waals surface area contributed by atoms with E-state index in [1.165, 1.54) is 17.0 Å². The summed E-state index contributed by atoms with van der Waals surface area (Å²) in [6.07, 6.45) is 2.39. The fourth-order valence-corrected chi connectivity index (χ4v) is 7.84. The van der Waals surface area contributed by atoms with Crippen LogP contribution >= 0.6 is 0 Å². The molecule has 1 aromatic rings. The number of phenolic OH excluding ortho intramolecular Hbond substituents is 1. The number of aromatic hydroxyl groups is 1. The Labute approximate surface area is 406 Å². The van der Waals surface area contributed by atoms with E-state index in [2.05, 4.69) is 37.2 Å². The summed E-state index contributed by atoms with van der Waals surface area (Å²) in [5, 5.41) is 27.8. The van der Waals surface area contributed by atoms with Crippen molar-refractivity contribution in [3.8, 4) is 5.75 Å². The molecule has 11 amide bonds. The summed E-state index contributed by atoms with van der Waals surface area (Å²) < 4.78 is 0. The van der Waals surface area contributed by atoms with Crippen molar-refractivity contribution in [2.45, 2.75) is 147 Å². The first kappa shape index (κ1) is 57.2. The minimum absolute atomic E-state index is 0.0424. The van der Waals surface area contributed by atoms with Crippen LogP contribution in [0.25, 0.3) is 0 Å². The first-order chi connectivity index (χ1) is 33.0. The van der Waals surface area contributed by atoms with Gasteiger partial charge in [0.05, 0.1) is 19.0 Å². The van der Waals surface area contributed by atoms with Gasteiger partial charge in [-0.15, -0.1) is 0 Å². The van der Waals surface area contributed by atoms with Gasteiger partial charge >= 0.3 is 0 Å². The fraction of sp³-hybridized carbons (Fsp3) is 0.587. The smallest absolute Gasteiger partial charge is 0.245 e. The molecule has 16 N–H and O–H groups in total. The second-order valence-corrected chi connectivity index (χ2v) is 18.1. The molecule has 3 rings (SSSR count). The van der Waals surface area contributed by atoms with Gasteiger partial charge in [0.15, 0.2) is 0 Å². The van der Waals surface area contributed by atoms with Gasteiger partial charge in [0.1, 0.15) is 48.0 Å². The van der Waals surface area contributed by atoms with E-state index < -0.39 is 145 Å². The van der Waals surface area contributed by atoms with Gasteiger partial charge in [-0.1, -0.05) is 58.4 Å². The summed E-state index contributed by atoms with van der Waals surface area (Å²) in [5.41, 5.74) is 22.9. The molecule has 24 heteroatoms. The zero-order chi connectivity index (χ0) is 52.2. The quantitative estimate of drug-likeness (QED) is 0.0683. The van der Waals surface area contributed by atoms with Crippen LogP contribution in [0.1, 0.15) is 97.5 Å². The Bertz CT molecular complexity index is 2100. The van der Waals surface area contributed by atoms with E-state index in [0.717, 1.165) is 0 Å². The molecule has 2 unspecified atom stereocenters. The predicted octanol–water partition coefficient (Wildman–Crippen LogP) is -3.26. The average molecular weight is 983 g/mol. The Morgan fingerprint density at radius 1 is 0.771 bits per heavy atom. The van der Waals surface area contributed by atoms with Crippen LogP contribution in [-0.4, -0.2) is 136 Å². The second kappa shape index (κ2) is 27.8. The zero-order valence-electron chi connectivity index (χ0n) is 40.1. The summed E-state index contributed by atoms with van der Waals surface area (Å²) in [7, 11) is 0. The molecule has 0 aromatic heterocycles. The van der Waals surface area contributed by atoms with Crippen molar-refractivity contribution in [3.63, 3.8) is 0 Å². The lowest BCUT2D eigenvalue weighted by molar-refractivity contribution is -0.143. The average Bonchev–Trinajstić information content (AvgIpc) is 3.79. The maximum Gasteiger partial charge on any atom is 0.245 e. The van der Waals surface area contributed by atoms with Crippen LogP contribution in [0, 0.1) is 11.8 Å². The summed E-state index contributed by atoms with van der Waals surface area (Å²) in [5.74, 6) is -9.96. The molecule has 1 saturated heterocycles. The maximum atomic E-state index is 14.5. The molecule has 0 aliphatic carbocycles. The van der Waals surface area contributed by atoms with Crippen molar-refractivity contribution >= 4 is 65.0 Å². The van der Waals surface area contributed by atoms with Crippen molar-refractivity contribution in [3.05, 3.63) is 42.0 Å². The van der Waals surface area contributed by atoms with E-state index >= 15 is 0 Å². The van der Waals surface area contributed by atoms with Gasteiger partial charge in [0, 0.05) is 19.4 Å². The van der Waals surface area contributed by atoms with Gasteiger partial charge in [-0.05, 0) is 74.5 Å². The molecular formula is C46H70N12O12. The molecule has 1 fully saturated rings. The topological polar surface area (TPSA) is 400 Å². The monoisotopic (exact) mass is 983 g/mol. The lowest BCUT2D eigenvalue weighted by Crippen LogP contribution is -2.61. The fourth-order valence-electron chi connectivity index (χ4n) is 7.84. The third kappa shape index (κ3) is 18.4. The molecule has 0 spiro atoms. The van der Waals surface area contributed by atoms with Crippen LogP contribution in [0.15, 0.2) is 36.4 Å². The lowest BCUT2D eigenvalue weighted by atomic mass is 9.96. The summed E-state index contributed by atoms with van der Waals surface area (Å²) in [6, 6.07) is -4.90. The Hall–Kier alpha value is -7.11. The van der Waals surface area contributed by atoms with Crippen LogP contribution < -0.4 is 60.2 Å². The van der Waals surface area contributed by atoms with Crippen molar-refractivity contribution in [2.75, 3.05) is 13.1 Å². The summed E-state index contributed by atoms with van der Waals surface area (Å²) in [6.45, 7) is 6.63. The SMILES string of the molecule is CC[C@H](C)[C@@H]1NC(=O)C(Cc2ccc(O)cc2)NC(=O)[C@@H](N)C/C=C\CC[C@@H](C(=O)N2CCC[C@H]2C(=O)N[C@@H](CC(C)C)C(=O)NCC(N)=O)NC(=O)[C@H](CC(N)=O)NC(=O)C(CCC(N)=O)NC1=O. The predicted molar refractivity (Wildman–Crippen MR) is 252 cm³/mol. The zero-order valence-corrected chi connectivity index (χ0v) is 40.1. The number of amides is 11. The standard InChI is InChI=1S/C46H70N12O12/c1-5-25(4)38-45(69)52-29(17-18-35(48)60)41(65)55-33(22-36(49)61)42(66)53-30(46(70)58-19-9-12-34(58)44(68)56-31(20-24(2)3)40(64)51-23-37(50)62)11-8-6-7-10-28(47)39(63)54-32(43(67)57-38)21-26-13-15-27(59)16-14-26/h6-7,13-16,24-25,28-34,38,59H,5,8-12,17-23,47H2,1-4H3,(H2,48,60)(H2,49,61)(H2,50,62)(H,51,64)(H,52,69)(H,53,66)(H,54,63)(H,55,65)(H,56,68)(H,57,67)/b7-6-/t25-,28-,29?,30-,31-,32?,33-,34-,38-/m0/s1. The lowest BCUT2D eigenvalue weighted by Gasteiger charge is -2.31. The van der Waals surface area contributed by atoms with Crippen molar-refractivity contribution in [2.24, 2.45) is 34.8 Å². The number of carbonyl (C=O) groups excluding carboxylic acids is 11. The molecule has 0 saturated carbocycles. The van der Waals surface area contributed by atoms with Gasteiger partial charge in [0.2, 0.25) is 65.0 Å². The highest BCUT2D eigenvalue weighted by Crippen LogP contribution is 2.21. The number of allylic oxidation sites excluding steroid dienone is 1. The minimum atomic E-state index is -1.74. The largest absolute Gasteiger partial charge is 0.508 e. The van der Waals surface area contributed by atoms with E-state index in [-0.39, 0.29) is 56.7 Å². The van der Waals surface area contributed by atoms with Gasteiger partial charge in [-0.25, -0.2) is 0 Å². The number of hydrogen-bond donors (Lipinski definition) is 12. The molecule has 0 radical (unpaired) electrons. The highest BCUT2D eigenvalue weighted by molar-refractivity contribution is 5.99. The Morgan fingerprint density at radius 3 is 2.01 bits per heavy atom. The van der Waals surface area contributed by atoms with Gasteiger partial charge in [-0.3, -0.25) is 52.7 Å². The number of nitrogens with two attached hydrogens (primary N) is 4. The summed E-state index contributed by atoms with van der Waals surface area (Å²) >= 11 is 0. The number of nitrogens with zero attached hydrogens (tertiary/aromatic N) is 1. The number of carbonyl (C=O) groups is 11. The second-order valence-electron chi connectivity index (χ2n) is 18.1. The summed E-state index contributed by atoms with van der Waals surface area (Å²) in [4.78, 5) is 148. The van der Waals surface area contributed by atoms with Crippen LogP contribution in [0.5, 0.6) is 5.75 Å². The van der Waals surface area contributed by atoms with Crippen LogP contribution in [0.3, 0.4) is 0 Å². The number of nitrogens with one attached hydrogen (secondary N) is 7. The Kier molecular flexibility index (Phi) is 22.7. The number of rotatable bonds is 17. The molecule has 386 valence electrons. The number of benzene rings is 1. The number of primary amides is 3. The van der Waals surface area contributed by atoms with Gasteiger partial charge in [-0.2, -0.15) is 0 Å². The van der Waals surface area contributed by atoms with E-state index in [1.54, 1.807) is 38.1 Å². The molecule has 24 nitrogen and oxygen atoms in total. The normalized spacial score (nSPS) is 24.5. The molecule has 2 aliphatic rings. The molecule has 2 aliphatic heterocycles. The van der Waals surface area contributed by atoms with E-state index in [1.807, 2.05) is 13.8 Å². The number of hydrogen-bond acceptors (Lipinski definition) is 13.